The number of carbonyl (C=O) groups excluding carboxylic acids is 1. The van der Waals surface area contributed by atoms with Crippen LogP contribution in [-0.4, -0.2) is 67.1 Å². The Morgan fingerprint density at radius 2 is 1.62 bits per heavy atom. The van der Waals surface area contributed by atoms with E-state index < -0.39 is 50.9 Å². The van der Waals surface area contributed by atoms with Crippen LogP contribution in [0.5, 0.6) is 0 Å². The first-order chi connectivity index (χ1) is 11.7. The van der Waals surface area contributed by atoms with Gasteiger partial charge in [-0.1, -0.05) is 19.0 Å². The molecule has 0 saturated heterocycles. The van der Waals surface area contributed by atoms with Gasteiger partial charge in [-0.15, -0.1) is 0 Å². The van der Waals surface area contributed by atoms with E-state index in [4.69, 9.17) is 13.6 Å². The Bertz CT molecular complexity index is 429. The highest BCUT2D eigenvalue weighted by Gasteiger charge is 2.27. The lowest BCUT2D eigenvalue weighted by molar-refractivity contribution is -0.152. The molecule has 0 fully saturated rings. The van der Waals surface area contributed by atoms with Crippen molar-refractivity contribution in [3.63, 3.8) is 0 Å². The zero-order valence-corrected chi connectivity index (χ0v) is 20.9. The average molecular weight is 423 g/mol. The summed E-state index contributed by atoms with van der Waals surface area (Å²) in [4.78, 5) is 11.7. The van der Waals surface area contributed by atoms with Gasteiger partial charge in [-0.25, -0.2) is 4.79 Å². The van der Waals surface area contributed by atoms with E-state index >= 15 is 0 Å². The van der Waals surface area contributed by atoms with Crippen molar-refractivity contribution in [3.05, 3.63) is 12.2 Å². The van der Waals surface area contributed by atoms with E-state index in [0.29, 0.717) is 6.42 Å². The van der Waals surface area contributed by atoms with E-state index in [1.165, 1.54) is 0 Å². The number of ether oxygens (including phenoxy) is 1. The maximum absolute atomic E-state index is 11.7. The molecule has 2 unspecified atom stereocenters. The van der Waals surface area contributed by atoms with Crippen LogP contribution < -0.4 is 0 Å². The first kappa shape index (κ1) is 25.7. The molecule has 2 N–H and O–H groups in total. The Morgan fingerprint density at radius 3 is 2.00 bits per heavy atom. The molecule has 0 aliphatic heterocycles. The summed E-state index contributed by atoms with van der Waals surface area (Å²) in [5.74, 6) is -0.616. The van der Waals surface area contributed by atoms with E-state index in [1.54, 1.807) is 6.92 Å². The lowest BCUT2D eigenvalue weighted by Gasteiger charge is -2.31. The predicted octanol–water partition coefficient (Wildman–Crippen LogP) is 2.18. The highest BCUT2D eigenvalue weighted by atomic mass is 28.4. The molecule has 0 bridgehead atoms. The summed E-state index contributed by atoms with van der Waals surface area (Å²) in [7, 11) is -3.99. The summed E-state index contributed by atoms with van der Waals surface area (Å²) in [5, 5.41) is 19.0. The van der Waals surface area contributed by atoms with Crippen LogP contribution in [0.3, 0.4) is 0 Å². The molecule has 2 atom stereocenters. The standard InChI is InChI=1S/C17H38O6Si3/c1-13(2)16(20)21-15(14(19)12-18)10-9-11-24-17(22-25(3,4)5)23-26(6,7)8/h14-15,17-19H,1,9-12,24H2,2-8H3. The Morgan fingerprint density at radius 1 is 1.12 bits per heavy atom. The highest BCUT2D eigenvalue weighted by Crippen LogP contribution is 2.17. The van der Waals surface area contributed by atoms with Gasteiger partial charge in [-0.2, -0.15) is 0 Å². The van der Waals surface area contributed by atoms with E-state index in [1.807, 2.05) is 0 Å². The minimum Gasteiger partial charge on any atom is -0.456 e. The number of hydrogen-bond donors (Lipinski definition) is 2. The van der Waals surface area contributed by atoms with Crippen molar-refractivity contribution < 1.29 is 28.6 Å². The summed E-state index contributed by atoms with van der Waals surface area (Å²) in [6.07, 6.45) is -0.502. The predicted molar refractivity (Wildman–Crippen MR) is 113 cm³/mol. The van der Waals surface area contributed by atoms with Crippen molar-refractivity contribution in [2.45, 2.75) is 83.2 Å². The van der Waals surface area contributed by atoms with Crippen LogP contribution in [0.2, 0.25) is 45.3 Å². The number of rotatable bonds is 13. The second-order valence-corrected chi connectivity index (χ2v) is 19.5. The molecule has 0 rings (SSSR count). The molecular weight excluding hydrogens is 384 g/mol. The molecule has 0 saturated carbocycles. The molecule has 9 heteroatoms. The normalized spacial score (nSPS) is 15.5. The number of aliphatic hydroxyl groups is 2. The fourth-order valence-corrected chi connectivity index (χ4v) is 8.90. The van der Waals surface area contributed by atoms with Crippen molar-refractivity contribution in [1.29, 1.82) is 0 Å². The van der Waals surface area contributed by atoms with Gasteiger partial charge in [0.25, 0.3) is 0 Å². The fraction of sp³-hybridized carbons (Fsp3) is 0.824. The summed E-state index contributed by atoms with van der Waals surface area (Å²) in [6, 6.07) is 0.957. The van der Waals surface area contributed by atoms with Crippen LogP contribution in [0.1, 0.15) is 19.8 Å². The maximum Gasteiger partial charge on any atom is 0.333 e. The summed E-state index contributed by atoms with van der Waals surface area (Å²) in [5.41, 5.74) is 0.279. The lowest BCUT2D eigenvalue weighted by Crippen LogP contribution is -2.43. The molecule has 0 aromatic rings. The van der Waals surface area contributed by atoms with Gasteiger partial charge in [0.15, 0.2) is 16.6 Å². The van der Waals surface area contributed by atoms with Crippen LogP contribution >= 0.6 is 0 Å². The monoisotopic (exact) mass is 422 g/mol. The highest BCUT2D eigenvalue weighted by molar-refractivity contribution is 6.71. The molecule has 0 aliphatic rings. The molecule has 0 aromatic carbocycles. The van der Waals surface area contributed by atoms with Gasteiger partial charge in [0.2, 0.25) is 0 Å². The third-order valence-electron chi connectivity index (χ3n) is 3.37. The second-order valence-electron chi connectivity index (χ2n) is 8.65. The SMILES string of the molecule is C=C(C)C(=O)OC(CCC[SiH2]C(O[Si](C)(C)C)O[Si](C)(C)C)C(O)CO. The van der Waals surface area contributed by atoms with Gasteiger partial charge in [0.05, 0.1) is 16.1 Å². The maximum atomic E-state index is 11.7. The minimum atomic E-state index is -1.68. The van der Waals surface area contributed by atoms with E-state index in [9.17, 15) is 15.0 Å². The number of carbonyl (C=O) groups is 1. The van der Waals surface area contributed by atoms with E-state index in [0.717, 1.165) is 12.5 Å². The number of esters is 1. The topological polar surface area (TPSA) is 85.2 Å². The van der Waals surface area contributed by atoms with E-state index in [-0.39, 0.29) is 11.5 Å². The average Bonchev–Trinajstić information content (AvgIpc) is 2.45. The Hall–Kier alpha value is -0.299. The second kappa shape index (κ2) is 11.5. The van der Waals surface area contributed by atoms with Crippen LogP contribution in [0.4, 0.5) is 0 Å². The van der Waals surface area contributed by atoms with Crippen molar-refractivity contribution in [1.82, 2.24) is 0 Å². The summed E-state index contributed by atoms with van der Waals surface area (Å²) >= 11 is 0. The molecule has 154 valence electrons. The van der Waals surface area contributed by atoms with Crippen molar-refractivity contribution in [3.8, 4) is 0 Å². The van der Waals surface area contributed by atoms with Gasteiger partial charge in [-0.05, 0) is 52.6 Å². The summed E-state index contributed by atoms with van der Waals surface area (Å²) in [6.45, 7) is 17.6. The van der Waals surface area contributed by atoms with Gasteiger partial charge in [-0.3, -0.25) is 0 Å². The van der Waals surface area contributed by atoms with Crippen LogP contribution in [-0.2, 0) is 18.4 Å². The van der Waals surface area contributed by atoms with Crippen molar-refractivity contribution in [2.24, 2.45) is 0 Å². The molecule has 0 aliphatic carbocycles. The first-order valence-corrected chi connectivity index (χ1v) is 17.9. The van der Waals surface area contributed by atoms with Crippen LogP contribution in [0.15, 0.2) is 12.2 Å². The smallest absolute Gasteiger partial charge is 0.333 e. The lowest BCUT2D eigenvalue weighted by atomic mass is 10.1. The Balaban J connectivity index is 4.60. The van der Waals surface area contributed by atoms with E-state index in [2.05, 4.69) is 45.9 Å². The van der Waals surface area contributed by atoms with Crippen molar-refractivity contribution in [2.75, 3.05) is 6.61 Å². The van der Waals surface area contributed by atoms with Crippen LogP contribution in [0.25, 0.3) is 0 Å². The number of aliphatic hydroxyl groups excluding tert-OH is 2. The minimum absolute atomic E-state index is 0.0764. The third-order valence-corrected chi connectivity index (χ3v) is 7.69. The number of hydrogen-bond acceptors (Lipinski definition) is 6. The molecule has 0 heterocycles. The molecule has 6 nitrogen and oxygen atoms in total. The Labute approximate surface area is 163 Å². The molecule has 0 radical (unpaired) electrons. The van der Waals surface area contributed by atoms with Crippen molar-refractivity contribution >= 4 is 32.1 Å². The van der Waals surface area contributed by atoms with Gasteiger partial charge in [0, 0.05) is 5.57 Å². The summed E-state index contributed by atoms with van der Waals surface area (Å²) < 4.78 is 17.7. The van der Waals surface area contributed by atoms with Crippen LogP contribution in [0, 0.1) is 0 Å². The molecular formula is C17H38O6Si3. The molecule has 26 heavy (non-hydrogen) atoms. The largest absolute Gasteiger partial charge is 0.456 e. The Kier molecular flexibility index (Phi) is 11.4. The quantitative estimate of drug-likeness (QED) is 0.156. The van der Waals surface area contributed by atoms with Gasteiger partial charge in [0.1, 0.15) is 18.1 Å². The zero-order chi connectivity index (χ0) is 20.5. The first-order valence-electron chi connectivity index (χ1n) is 9.26. The molecule has 0 amide bonds. The zero-order valence-electron chi connectivity index (χ0n) is 17.5. The van der Waals surface area contributed by atoms with Gasteiger partial charge >= 0.3 is 5.97 Å². The van der Waals surface area contributed by atoms with Gasteiger partial charge < -0.3 is 23.8 Å². The molecule has 0 aromatic heterocycles. The fourth-order valence-electron chi connectivity index (χ4n) is 2.27. The third kappa shape index (κ3) is 13.0. The molecule has 0 spiro atoms.